The molecule has 1 saturated heterocycles. The summed E-state index contributed by atoms with van der Waals surface area (Å²) < 4.78 is 6.09. The fourth-order valence-electron chi connectivity index (χ4n) is 3.93. The van der Waals surface area contributed by atoms with E-state index < -0.39 is 0 Å². The molecular weight excluding hydrogens is 326 g/mol. The first-order valence-electron chi connectivity index (χ1n) is 10.5. The molecule has 5 heteroatoms. The van der Waals surface area contributed by atoms with Crippen LogP contribution in [0, 0.1) is 23.2 Å². The molecule has 3 N–H and O–H groups in total. The van der Waals surface area contributed by atoms with Crippen LogP contribution < -0.4 is 10.6 Å². The van der Waals surface area contributed by atoms with Crippen LogP contribution in [0.5, 0.6) is 0 Å². The molecule has 0 saturated carbocycles. The van der Waals surface area contributed by atoms with E-state index in [1.807, 2.05) is 0 Å². The van der Waals surface area contributed by atoms with E-state index in [2.05, 4.69) is 52.2 Å². The monoisotopic (exact) mass is 369 g/mol. The molecule has 1 rings (SSSR count). The molecule has 0 aromatic carbocycles. The zero-order valence-electron chi connectivity index (χ0n) is 18.0. The second-order valence-electron chi connectivity index (χ2n) is 9.17. The summed E-state index contributed by atoms with van der Waals surface area (Å²) >= 11 is 0. The Balaban J connectivity index is 2.65. The molecule has 0 spiro atoms. The average Bonchev–Trinajstić information content (AvgIpc) is 2.56. The van der Waals surface area contributed by atoms with Crippen LogP contribution in [0.15, 0.2) is 4.99 Å². The Hall–Kier alpha value is -0.810. The van der Waals surface area contributed by atoms with Crippen LogP contribution in [-0.2, 0) is 4.74 Å². The highest BCUT2D eigenvalue weighted by molar-refractivity contribution is 5.79. The maximum atomic E-state index is 9.30. The van der Waals surface area contributed by atoms with Crippen molar-refractivity contribution in [3.63, 3.8) is 0 Å². The van der Waals surface area contributed by atoms with Crippen LogP contribution >= 0.6 is 0 Å². The average molecular weight is 370 g/mol. The Morgan fingerprint density at radius 1 is 1.27 bits per heavy atom. The van der Waals surface area contributed by atoms with E-state index in [-0.39, 0.29) is 18.1 Å². The van der Waals surface area contributed by atoms with Crippen LogP contribution in [0.25, 0.3) is 0 Å². The van der Waals surface area contributed by atoms with Crippen molar-refractivity contribution in [1.29, 1.82) is 0 Å². The molecule has 0 aromatic heterocycles. The summed E-state index contributed by atoms with van der Waals surface area (Å²) in [6.07, 6.45) is 4.55. The number of ether oxygens (including phenoxy) is 1. The minimum atomic E-state index is 0.158. The lowest BCUT2D eigenvalue weighted by molar-refractivity contribution is -0.0835. The quantitative estimate of drug-likeness (QED) is 0.430. The third-order valence-corrected chi connectivity index (χ3v) is 5.02. The molecule has 154 valence electrons. The number of aliphatic hydroxyl groups excluding tert-OH is 1. The van der Waals surface area contributed by atoms with E-state index in [0.717, 1.165) is 51.5 Å². The van der Waals surface area contributed by atoms with E-state index in [4.69, 9.17) is 9.73 Å². The fourth-order valence-corrected chi connectivity index (χ4v) is 3.93. The lowest BCUT2D eigenvalue weighted by atomic mass is 9.78. The van der Waals surface area contributed by atoms with Gasteiger partial charge in [0.1, 0.15) is 0 Å². The SMILES string of the molecule is CCNC(=NCC(CCO)CC(C)C)NCC1CCCOC1C(C)(C)C. The maximum Gasteiger partial charge on any atom is 0.191 e. The molecule has 0 aromatic rings. The lowest BCUT2D eigenvalue weighted by Crippen LogP contribution is -2.47. The number of rotatable bonds is 9. The first-order valence-corrected chi connectivity index (χ1v) is 10.5. The first-order chi connectivity index (χ1) is 12.3. The normalized spacial score (nSPS) is 23.2. The number of hydrogen-bond acceptors (Lipinski definition) is 3. The zero-order chi connectivity index (χ0) is 19.6. The van der Waals surface area contributed by atoms with Gasteiger partial charge in [-0.2, -0.15) is 0 Å². The van der Waals surface area contributed by atoms with Crippen molar-refractivity contribution in [2.75, 3.05) is 32.8 Å². The maximum absolute atomic E-state index is 9.30. The van der Waals surface area contributed by atoms with Crippen molar-refractivity contribution in [2.24, 2.45) is 28.2 Å². The van der Waals surface area contributed by atoms with Crippen molar-refractivity contribution in [3.05, 3.63) is 0 Å². The number of hydrogen-bond donors (Lipinski definition) is 3. The predicted octanol–water partition coefficient (Wildman–Crippen LogP) is 3.43. The second-order valence-corrected chi connectivity index (χ2v) is 9.17. The van der Waals surface area contributed by atoms with Gasteiger partial charge < -0.3 is 20.5 Å². The number of nitrogens with one attached hydrogen (secondary N) is 2. The van der Waals surface area contributed by atoms with Gasteiger partial charge in [0.05, 0.1) is 6.10 Å². The molecule has 1 aliphatic rings. The van der Waals surface area contributed by atoms with Crippen LogP contribution in [0.2, 0.25) is 0 Å². The van der Waals surface area contributed by atoms with Crippen molar-refractivity contribution < 1.29 is 9.84 Å². The van der Waals surface area contributed by atoms with Gasteiger partial charge in [-0.15, -0.1) is 0 Å². The highest BCUT2D eigenvalue weighted by Crippen LogP contribution is 2.33. The van der Waals surface area contributed by atoms with E-state index in [0.29, 0.717) is 17.8 Å². The van der Waals surface area contributed by atoms with E-state index in [1.165, 1.54) is 6.42 Å². The van der Waals surface area contributed by atoms with Crippen LogP contribution in [0.3, 0.4) is 0 Å². The molecule has 0 radical (unpaired) electrons. The number of aliphatic hydroxyl groups is 1. The first kappa shape index (κ1) is 23.2. The van der Waals surface area contributed by atoms with Crippen molar-refractivity contribution in [3.8, 4) is 0 Å². The summed E-state index contributed by atoms with van der Waals surface area (Å²) in [4.78, 5) is 4.80. The van der Waals surface area contributed by atoms with Gasteiger partial charge in [0.2, 0.25) is 0 Å². The zero-order valence-corrected chi connectivity index (χ0v) is 18.0. The van der Waals surface area contributed by atoms with Gasteiger partial charge in [-0.25, -0.2) is 0 Å². The highest BCUT2D eigenvalue weighted by Gasteiger charge is 2.35. The molecule has 1 heterocycles. The molecule has 3 atom stereocenters. The molecule has 5 nitrogen and oxygen atoms in total. The fraction of sp³-hybridized carbons (Fsp3) is 0.952. The molecule has 26 heavy (non-hydrogen) atoms. The topological polar surface area (TPSA) is 65.9 Å². The predicted molar refractivity (Wildman–Crippen MR) is 111 cm³/mol. The Bertz CT molecular complexity index is 405. The van der Waals surface area contributed by atoms with Crippen molar-refractivity contribution in [2.45, 2.75) is 73.3 Å². The standard InChI is InChI=1S/C21H43N3O2/c1-7-22-20(23-14-17(10-11-25)13-16(2)3)24-15-18-9-8-12-26-19(18)21(4,5)6/h16-19,25H,7-15H2,1-6H3,(H2,22,23,24). The third-order valence-electron chi connectivity index (χ3n) is 5.02. The highest BCUT2D eigenvalue weighted by atomic mass is 16.5. The Kier molecular flexibility index (Phi) is 10.6. The van der Waals surface area contributed by atoms with Gasteiger partial charge in [-0.1, -0.05) is 34.6 Å². The van der Waals surface area contributed by atoms with Gasteiger partial charge in [0, 0.05) is 38.8 Å². The molecule has 1 aliphatic heterocycles. The van der Waals surface area contributed by atoms with Crippen LogP contribution in [0.1, 0.15) is 67.2 Å². The Morgan fingerprint density at radius 3 is 2.58 bits per heavy atom. The minimum Gasteiger partial charge on any atom is -0.396 e. The summed E-state index contributed by atoms with van der Waals surface area (Å²) in [6.45, 7) is 17.0. The molecular formula is C21H43N3O2. The van der Waals surface area contributed by atoms with E-state index in [1.54, 1.807) is 0 Å². The van der Waals surface area contributed by atoms with Gasteiger partial charge in [-0.3, -0.25) is 4.99 Å². The molecule has 3 unspecified atom stereocenters. The lowest BCUT2D eigenvalue weighted by Gasteiger charge is -2.40. The smallest absolute Gasteiger partial charge is 0.191 e. The molecule has 0 aliphatic carbocycles. The number of aliphatic imine (C=N–C) groups is 1. The van der Waals surface area contributed by atoms with Crippen LogP contribution in [-0.4, -0.2) is 50.0 Å². The molecule has 0 bridgehead atoms. The summed E-state index contributed by atoms with van der Waals surface area (Å²) in [6, 6.07) is 0. The largest absolute Gasteiger partial charge is 0.396 e. The Labute approximate surface area is 161 Å². The van der Waals surface area contributed by atoms with Gasteiger partial charge in [0.15, 0.2) is 5.96 Å². The van der Waals surface area contributed by atoms with Gasteiger partial charge in [-0.05, 0) is 49.9 Å². The molecule has 0 amide bonds. The van der Waals surface area contributed by atoms with Gasteiger partial charge >= 0.3 is 0 Å². The third kappa shape index (κ3) is 8.72. The second kappa shape index (κ2) is 11.8. The van der Waals surface area contributed by atoms with Crippen molar-refractivity contribution in [1.82, 2.24) is 10.6 Å². The van der Waals surface area contributed by atoms with Crippen molar-refractivity contribution >= 4 is 5.96 Å². The number of nitrogens with zero attached hydrogens (tertiary/aromatic N) is 1. The summed E-state index contributed by atoms with van der Waals surface area (Å²) in [5, 5.41) is 16.2. The van der Waals surface area contributed by atoms with Gasteiger partial charge in [0.25, 0.3) is 0 Å². The Morgan fingerprint density at radius 2 is 2.00 bits per heavy atom. The minimum absolute atomic E-state index is 0.158. The van der Waals surface area contributed by atoms with E-state index in [9.17, 15) is 5.11 Å². The number of guanidine groups is 1. The summed E-state index contributed by atoms with van der Waals surface area (Å²) in [5.74, 6) is 2.47. The van der Waals surface area contributed by atoms with E-state index >= 15 is 0 Å². The van der Waals surface area contributed by atoms with Crippen LogP contribution in [0.4, 0.5) is 0 Å². The summed E-state index contributed by atoms with van der Waals surface area (Å²) in [7, 11) is 0. The summed E-state index contributed by atoms with van der Waals surface area (Å²) in [5.41, 5.74) is 0.158. The molecule has 1 fully saturated rings.